The molecule has 0 amide bonds. The molecule has 4 nitrogen and oxygen atoms in total. The highest BCUT2D eigenvalue weighted by molar-refractivity contribution is 5.58. The van der Waals surface area contributed by atoms with Crippen LogP contribution in [0.1, 0.15) is 23.7 Å². The van der Waals surface area contributed by atoms with E-state index in [2.05, 4.69) is 24.1 Å². The minimum Gasteiger partial charge on any atom is -0.388 e. The third-order valence-electron chi connectivity index (χ3n) is 4.67. The van der Waals surface area contributed by atoms with E-state index in [1.54, 1.807) is 0 Å². The lowest BCUT2D eigenvalue weighted by Crippen LogP contribution is -2.37. The van der Waals surface area contributed by atoms with Crippen LogP contribution in [0.3, 0.4) is 0 Å². The highest BCUT2D eigenvalue weighted by Gasteiger charge is 2.41. The molecule has 0 saturated carbocycles. The second-order valence-corrected chi connectivity index (χ2v) is 5.83. The number of aliphatic hydroxyl groups is 1. The van der Waals surface area contributed by atoms with Gasteiger partial charge in [0.25, 0.3) is 0 Å². The van der Waals surface area contributed by atoms with Crippen LogP contribution in [0.4, 0.5) is 5.69 Å². The van der Waals surface area contributed by atoms with Crippen molar-refractivity contribution in [2.75, 3.05) is 38.3 Å². The summed E-state index contributed by atoms with van der Waals surface area (Å²) < 4.78 is 5.46. The summed E-state index contributed by atoms with van der Waals surface area (Å²) in [6.07, 6.45) is 1.36. The zero-order valence-corrected chi connectivity index (χ0v) is 11.4. The quantitative estimate of drug-likeness (QED) is 0.856. The Kier molecular flexibility index (Phi) is 3.25. The van der Waals surface area contributed by atoms with Crippen LogP contribution in [0.25, 0.3) is 0 Å². The van der Waals surface area contributed by atoms with Crippen molar-refractivity contribution in [1.29, 1.82) is 0 Å². The number of ether oxygens (including phenoxy) is 1. The predicted molar refractivity (Wildman–Crippen MR) is 75.3 cm³/mol. The number of benzene rings is 1. The average molecular weight is 262 g/mol. The number of rotatable bonds is 3. The van der Waals surface area contributed by atoms with Gasteiger partial charge in [-0.3, -0.25) is 0 Å². The molecule has 3 N–H and O–H groups in total. The second kappa shape index (κ2) is 4.78. The van der Waals surface area contributed by atoms with Gasteiger partial charge in [-0.05, 0) is 30.0 Å². The van der Waals surface area contributed by atoms with E-state index in [1.807, 2.05) is 6.07 Å². The Morgan fingerprint density at radius 1 is 1.53 bits per heavy atom. The largest absolute Gasteiger partial charge is 0.388 e. The molecule has 0 radical (unpaired) electrons. The first-order valence-electron chi connectivity index (χ1n) is 6.96. The first-order chi connectivity index (χ1) is 9.16. The lowest BCUT2D eigenvalue weighted by molar-refractivity contribution is 0.0190. The van der Waals surface area contributed by atoms with E-state index in [-0.39, 0.29) is 5.41 Å². The van der Waals surface area contributed by atoms with E-state index < -0.39 is 6.10 Å². The summed E-state index contributed by atoms with van der Waals surface area (Å²) in [6, 6.07) is 6.28. The summed E-state index contributed by atoms with van der Waals surface area (Å²) in [5.41, 5.74) is 9.17. The van der Waals surface area contributed by atoms with Crippen LogP contribution in [-0.2, 0) is 11.2 Å². The Morgan fingerprint density at radius 2 is 2.37 bits per heavy atom. The molecule has 104 valence electrons. The Labute approximate surface area is 114 Å². The van der Waals surface area contributed by atoms with Gasteiger partial charge in [0.1, 0.15) is 0 Å². The molecule has 3 rings (SSSR count). The summed E-state index contributed by atoms with van der Waals surface area (Å²) in [6.45, 7) is 2.77. The topological polar surface area (TPSA) is 58.7 Å². The van der Waals surface area contributed by atoms with Gasteiger partial charge in [-0.15, -0.1) is 0 Å². The predicted octanol–water partition coefficient (Wildman–Crippen LogP) is 1.08. The number of aliphatic hydroxyl groups excluding tert-OH is 1. The highest BCUT2D eigenvalue weighted by Crippen LogP contribution is 2.41. The van der Waals surface area contributed by atoms with Crippen LogP contribution in [0.5, 0.6) is 0 Å². The standard InChI is InChI=1S/C15H22N2O2/c1-17-6-4-11-8-12(2-3-13(11)17)14(18)15(9-16)5-7-19-10-15/h2-3,8,14,18H,4-7,9-10,16H2,1H3. The lowest BCUT2D eigenvalue weighted by Gasteiger charge is -2.32. The molecule has 4 heteroatoms. The molecule has 2 atom stereocenters. The fraction of sp³-hybridized carbons (Fsp3) is 0.600. The Bertz CT molecular complexity index is 469. The number of nitrogens with zero attached hydrogens (tertiary/aromatic N) is 1. The summed E-state index contributed by atoms with van der Waals surface area (Å²) in [4.78, 5) is 2.25. The monoisotopic (exact) mass is 262 g/mol. The van der Waals surface area contributed by atoms with E-state index in [0.29, 0.717) is 19.8 Å². The molecule has 2 aliphatic rings. The molecule has 0 spiro atoms. The van der Waals surface area contributed by atoms with Crippen LogP contribution in [-0.4, -0.2) is 38.5 Å². The molecular formula is C15H22N2O2. The summed E-state index contributed by atoms with van der Waals surface area (Å²) in [5, 5.41) is 10.7. The number of fused-ring (bicyclic) bond motifs is 1. The number of nitrogens with two attached hydrogens (primary N) is 1. The normalized spacial score (nSPS) is 27.6. The minimum absolute atomic E-state index is 0.307. The molecule has 0 aromatic heterocycles. The van der Waals surface area contributed by atoms with Gasteiger partial charge in [0.05, 0.1) is 12.7 Å². The van der Waals surface area contributed by atoms with Crippen LogP contribution < -0.4 is 10.6 Å². The fourth-order valence-corrected chi connectivity index (χ4v) is 3.22. The van der Waals surface area contributed by atoms with Crippen molar-refractivity contribution in [3.05, 3.63) is 29.3 Å². The zero-order valence-electron chi connectivity index (χ0n) is 11.4. The van der Waals surface area contributed by atoms with E-state index in [1.165, 1.54) is 11.3 Å². The number of hydrogen-bond acceptors (Lipinski definition) is 4. The number of likely N-dealkylation sites (N-methyl/N-ethyl adjacent to an activating group) is 1. The number of anilines is 1. The van der Waals surface area contributed by atoms with Gasteiger partial charge in [-0.1, -0.05) is 12.1 Å². The minimum atomic E-state index is -0.531. The van der Waals surface area contributed by atoms with Crippen molar-refractivity contribution in [2.24, 2.45) is 11.1 Å². The number of hydrogen-bond donors (Lipinski definition) is 2. The van der Waals surface area contributed by atoms with Gasteiger partial charge in [0, 0.05) is 37.8 Å². The molecule has 2 unspecified atom stereocenters. The molecule has 0 bridgehead atoms. The summed E-state index contributed by atoms with van der Waals surface area (Å²) >= 11 is 0. The zero-order chi connectivity index (χ0) is 13.5. The maximum absolute atomic E-state index is 10.7. The van der Waals surface area contributed by atoms with Gasteiger partial charge in [0.2, 0.25) is 0 Å². The second-order valence-electron chi connectivity index (χ2n) is 5.83. The van der Waals surface area contributed by atoms with Crippen LogP contribution in [0.15, 0.2) is 18.2 Å². The summed E-state index contributed by atoms with van der Waals surface area (Å²) in [7, 11) is 2.11. The van der Waals surface area contributed by atoms with Crippen molar-refractivity contribution < 1.29 is 9.84 Å². The molecule has 1 fully saturated rings. The molecular weight excluding hydrogens is 240 g/mol. The Balaban J connectivity index is 1.90. The highest BCUT2D eigenvalue weighted by atomic mass is 16.5. The molecule has 2 aliphatic heterocycles. The first kappa shape index (κ1) is 12.9. The van der Waals surface area contributed by atoms with Crippen molar-refractivity contribution in [2.45, 2.75) is 18.9 Å². The smallest absolute Gasteiger partial charge is 0.0881 e. The van der Waals surface area contributed by atoms with Crippen LogP contribution in [0.2, 0.25) is 0 Å². The average Bonchev–Trinajstić information content (AvgIpc) is 3.06. The molecule has 1 aromatic rings. The SMILES string of the molecule is CN1CCc2cc(C(O)C3(CN)CCOC3)ccc21. The van der Waals surface area contributed by atoms with Gasteiger partial charge < -0.3 is 20.5 Å². The van der Waals surface area contributed by atoms with E-state index in [9.17, 15) is 5.11 Å². The van der Waals surface area contributed by atoms with Crippen molar-refractivity contribution in [3.8, 4) is 0 Å². The molecule has 1 saturated heterocycles. The molecule has 2 heterocycles. The van der Waals surface area contributed by atoms with E-state index >= 15 is 0 Å². The van der Waals surface area contributed by atoms with Crippen LogP contribution >= 0.6 is 0 Å². The van der Waals surface area contributed by atoms with E-state index in [4.69, 9.17) is 10.5 Å². The Morgan fingerprint density at radius 3 is 3.05 bits per heavy atom. The van der Waals surface area contributed by atoms with Gasteiger partial charge >= 0.3 is 0 Å². The summed E-state index contributed by atoms with van der Waals surface area (Å²) in [5.74, 6) is 0. The van der Waals surface area contributed by atoms with Gasteiger partial charge in [-0.2, -0.15) is 0 Å². The Hall–Kier alpha value is -1.10. The third-order valence-corrected chi connectivity index (χ3v) is 4.67. The first-order valence-corrected chi connectivity index (χ1v) is 6.96. The fourth-order valence-electron chi connectivity index (χ4n) is 3.22. The van der Waals surface area contributed by atoms with Gasteiger partial charge in [0.15, 0.2) is 0 Å². The maximum atomic E-state index is 10.7. The molecule has 0 aliphatic carbocycles. The van der Waals surface area contributed by atoms with Gasteiger partial charge in [-0.25, -0.2) is 0 Å². The molecule has 1 aromatic carbocycles. The third kappa shape index (κ3) is 2.04. The maximum Gasteiger partial charge on any atom is 0.0881 e. The lowest BCUT2D eigenvalue weighted by atomic mass is 9.78. The van der Waals surface area contributed by atoms with Crippen molar-refractivity contribution >= 4 is 5.69 Å². The van der Waals surface area contributed by atoms with E-state index in [0.717, 1.165) is 24.9 Å². The van der Waals surface area contributed by atoms with Crippen molar-refractivity contribution in [1.82, 2.24) is 0 Å². The molecule has 19 heavy (non-hydrogen) atoms. The van der Waals surface area contributed by atoms with Crippen LogP contribution in [0, 0.1) is 5.41 Å². The van der Waals surface area contributed by atoms with Crippen molar-refractivity contribution in [3.63, 3.8) is 0 Å².